The molecule has 0 aliphatic carbocycles. The van der Waals surface area contributed by atoms with Crippen LogP contribution in [0.15, 0.2) is 12.1 Å². The number of ketones is 1. The van der Waals surface area contributed by atoms with E-state index in [1.165, 1.54) is 7.11 Å². The van der Waals surface area contributed by atoms with E-state index in [-0.39, 0.29) is 11.3 Å². The first-order valence-corrected chi connectivity index (χ1v) is 4.69. The lowest BCUT2D eigenvalue weighted by molar-refractivity contribution is -0.131. The molecule has 7 nitrogen and oxygen atoms in total. The third kappa shape index (κ3) is 2.40. The molecular formula is C11H10O7. The zero-order valence-corrected chi connectivity index (χ0v) is 9.59. The first-order valence-electron chi connectivity index (χ1n) is 4.69. The molecule has 0 aromatic heterocycles. The van der Waals surface area contributed by atoms with Crippen molar-refractivity contribution in [2.24, 2.45) is 0 Å². The maximum atomic E-state index is 11.4. The summed E-state index contributed by atoms with van der Waals surface area (Å²) >= 11 is 0. The summed E-state index contributed by atoms with van der Waals surface area (Å²) < 4.78 is 9.28. The molecule has 0 atom stereocenters. The molecule has 0 aliphatic rings. The number of benzene rings is 1. The molecule has 1 rings (SSSR count). The first kappa shape index (κ1) is 13.5. The van der Waals surface area contributed by atoms with Crippen LogP contribution in [0.5, 0.6) is 11.5 Å². The molecule has 0 heterocycles. The molecule has 1 aromatic carbocycles. The molecule has 0 saturated heterocycles. The van der Waals surface area contributed by atoms with Crippen LogP contribution < -0.4 is 4.74 Å². The standard InChI is InChI=1S/C11H10O7/c1-17-8-4-7(12)5(9(13)10(14)15)3-6(8)11(16)18-2/h3-4,12H,1-2H3,(H,14,15). The quantitative estimate of drug-likeness (QED) is 0.456. The maximum absolute atomic E-state index is 11.4. The predicted molar refractivity (Wildman–Crippen MR) is 58.0 cm³/mol. The monoisotopic (exact) mass is 254 g/mol. The van der Waals surface area contributed by atoms with E-state index in [0.29, 0.717) is 0 Å². The lowest BCUT2D eigenvalue weighted by Gasteiger charge is -2.09. The Morgan fingerprint density at radius 2 is 1.72 bits per heavy atom. The van der Waals surface area contributed by atoms with Crippen molar-refractivity contribution in [3.8, 4) is 11.5 Å². The first-order chi connectivity index (χ1) is 8.42. The number of Topliss-reactive ketones (excluding diaryl/α,β-unsaturated/α-hetero) is 1. The molecule has 18 heavy (non-hydrogen) atoms. The van der Waals surface area contributed by atoms with Gasteiger partial charge in [-0.05, 0) is 6.07 Å². The molecule has 7 heteroatoms. The molecule has 0 amide bonds. The van der Waals surface area contributed by atoms with Gasteiger partial charge in [0.2, 0.25) is 0 Å². The zero-order valence-electron chi connectivity index (χ0n) is 9.59. The topological polar surface area (TPSA) is 110 Å². The highest BCUT2D eigenvalue weighted by Gasteiger charge is 2.24. The van der Waals surface area contributed by atoms with Crippen LogP contribution in [0.3, 0.4) is 0 Å². The number of phenolic OH excluding ortho intramolecular Hbond substituents is 1. The molecular weight excluding hydrogens is 244 g/mol. The largest absolute Gasteiger partial charge is 0.507 e. The van der Waals surface area contributed by atoms with Crippen molar-refractivity contribution < 1.29 is 34.1 Å². The van der Waals surface area contributed by atoms with E-state index in [0.717, 1.165) is 19.2 Å². The molecule has 0 bridgehead atoms. The third-order valence-corrected chi connectivity index (χ3v) is 2.16. The summed E-state index contributed by atoms with van der Waals surface area (Å²) in [7, 11) is 2.37. The fourth-order valence-corrected chi connectivity index (χ4v) is 1.30. The van der Waals surface area contributed by atoms with E-state index >= 15 is 0 Å². The predicted octanol–water partition coefficient (Wildman–Crippen LogP) is 0.455. The van der Waals surface area contributed by atoms with Gasteiger partial charge in [0, 0.05) is 6.07 Å². The number of carbonyl (C=O) groups is 3. The Morgan fingerprint density at radius 3 is 2.17 bits per heavy atom. The number of carboxylic acid groups (broad SMARTS) is 1. The number of methoxy groups -OCH3 is 2. The average Bonchev–Trinajstić information content (AvgIpc) is 2.36. The third-order valence-electron chi connectivity index (χ3n) is 2.16. The highest BCUT2D eigenvalue weighted by molar-refractivity contribution is 6.40. The van der Waals surface area contributed by atoms with E-state index in [1.807, 2.05) is 0 Å². The lowest BCUT2D eigenvalue weighted by Crippen LogP contribution is -2.14. The van der Waals surface area contributed by atoms with Crippen LogP contribution in [-0.2, 0) is 9.53 Å². The van der Waals surface area contributed by atoms with Crippen molar-refractivity contribution in [1.82, 2.24) is 0 Å². The number of aliphatic carboxylic acids is 1. The van der Waals surface area contributed by atoms with Gasteiger partial charge in [-0.15, -0.1) is 0 Å². The van der Waals surface area contributed by atoms with E-state index < -0.39 is 29.0 Å². The summed E-state index contributed by atoms with van der Waals surface area (Å²) in [6, 6.07) is 1.89. The fourth-order valence-electron chi connectivity index (χ4n) is 1.30. The number of carbonyl (C=O) groups excluding carboxylic acids is 2. The van der Waals surface area contributed by atoms with Gasteiger partial charge in [-0.1, -0.05) is 0 Å². The second-order valence-corrected chi connectivity index (χ2v) is 3.20. The van der Waals surface area contributed by atoms with E-state index in [4.69, 9.17) is 9.84 Å². The number of hydrogen-bond donors (Lipinski definition) is 2. The SMILES string of the molecule is COC(=O)c1cc(C(=O)C(=O)O)c(O)cc1OC. The van der Waals surface area contributed by atoms with Crippen LogP contribution in [0.2, 0.25) is 0 Å². The fraction of sp³-hybridized carbons (Fsp3) is 0.182. The summed E-state index contributed by atoms with van der Waals surface area (Å²) in [5.41, 5.74) is -0.661. The highest BCUT2D eigenvalue weighted by atomic mass is 16.5. The second-order valence-electron chi connectivity index (χ2n) is 3.20. The lowest BCUT2D eigenvalue weighted by atomic mass is 10.0. The van der Waals surface area contributed by atoms with Crippen LogP contribution in [0.1, 0.15) is 20.7 Å². The van der Waals surface area contributed by atoms with E-state index in [1.54, 1.807) is 0 Å². The minimum absolute atomic E-state index is 0.0266. The minimum Gasteiger partial charge on any atom is -0.507 e. The molecule has 0 radical (unpaired) electrons. The molecule has 96 valence electrons. The maximum Gasteiger partial charge on any atom is 0.377 e. The van der Waals surface area contributed by atoms with Gasteiger partial charge >= 0.3 is 11.9 Å². The molecule has 0 spiro atoms. The van der Waals surface area contributed by atoms with Gasteiger partial charge in [-0.25, -0.2) is 9.59 Å². The summed E-state index contributed by atoms with van der Waals surface area (Å²) in [6.07, 6.45) is 0. The summed E-state index contributed by atoms with van der Waals surface area (Å²) in [4.78, 5) is 33.2. The molecule has 0 fully saturated rings. The molecule has 0 saturated carbocycles. The van der Waals surface area contributed by atoms with Crippen LogP contribution in [0, 0.1) is 0 Å². The molecule has 0 unspecified atom stereocenters. The van der Waals surface area contributed by atoms with Gasteiger partial charge < -0.3 is 19.7 Å². The van der Waals surface area contributed by atoms with Crippen molar-refractivity contribution in [3.63, 3.8) is 0 Å². The smallest absolute Gasteiger partial charge is 0.377 e. The highest BCUT2D eigenvalue weighted by Crippen LogP contribution is 2.29. The normalized spacial score (nSPS) is 9.67. The van der Waals surface area contributed by atoms with Crippen molar-refractivity contribution >= 4 is 17.7 Å². The zero-order chi connectivity index (χ0) is 13.9. The summed E-state index contributed by atoms with van der Waals surface area (Å²) in [5, 5.41) is 18.1. The number of carboxylic acids is 1. The molecule has 0 aliphatic heterocycles. The van der Waals surface area contributed by atoms with Crippen LogP contribution in [0.25, 0.3) is 0 Å². The summed E-state index contributed by atoms with van der Waals surface area (Å²) in [5.74, 6) is -4.51. The number of hydrogen-bond acceptors (Lipinski definition) is 6. The summed E-state index contributed by atoms with van der Waals surface area (Å²) in [6.45, 7) is 0. The van der Waals surface area contributed by atoms with Gasteiger partial charge in [0.1, 0.15) is 17.1 Å². The Kier molecular flexibility index (Phi) is 3.88. The van der Waals surface area contributed by atoms with Gasteiger partial charge in [0.15, 0.2) is 0 Å². The Bertz CT molecular complexity index is 518. The Hall–Kier alpha value is -2.57. The van der Waals surface area contributed by atoms with Gasteiger partial charge in [-0.2, -0.15) is 0 Å². The number of phenols is 1. The Labute approximate surface area is 102 Å². The number of aromatic hydroxyl groups is 1. The van der Waals surface area contributed by atoms with Crippen molar-refractivity contribution in [2.75, 3.05) is 14.2 Å². The second kappa shape index (κ2) is 5.17. The van der Waals surface area contributed by atoms with E-state index in [2.05, 4.69) is 4.74 Å². The van der Waals surface area contributed by atoms with E-state index in [9.17, 15) is 19.5 Å². The number of esters is 1. The minimum atomic E-state index is -1.74. The molecule has 2 N–H and O–H groups in total. The van der Waals surface area contributed by atoms with Crippen LogP contribution in [-0.4, -0.2) is 42.2 Å². The van der Waals surface area contributed by atoms with Gasteiger partial charge in [0.05, 0.1) is 19.8 Å². The van der Waals surface area contributed by atoms with Crippen molar-refractivity contribution in [1.29, 1.82) is 0 Å². The van der Waals surface area contributed by atoms with Gasteiger partial charge in [0.25, 0.3) is 5.78 Å². The Morgan fingerprint density at radius 1 is 1.11 bits per heavy atom. The van der Waals surface area contributed by atoms with Crippen LogP contribution >= 0.6 is 0 Å². The number of rotatable bonds is 4. The van der Waals surface area contributed by atoms with Crippen LogP contribution in [0.4, 0.5) is 0 Å². The number of ether oxygens (including phenoxy) is 2. The van der Waals surface area contributed by atoms with Gasteiger partial charge in [-0.3, -0.25) is 4.79 Å². The Balaban J connectivity index is 3.43. The average molecular weight is 254 g/mol. The van der Waals surface area contributed by atoms with Crippen molar-refractivity contribution in [2.45, 2.75) is 0 Å². The van der Waals surface area contributed by atoms with Crippen molar-refractivity contribution in [3.05, 3.63) is 23.3 Å². The molecule has 1 aromatic rings.